The Hall–Kier alpha value is 0.615. The molecule has 1 atom stereocenters. The van der Waals surface area contributed by atoms with Gasteiger partial charge in [0.25, 0.3) is 0 Å². The van der Waals surface area contributed by atoms with Crippen LogP contribution in [-0.4, -0.2) is 6.10 Å². The van der Waals surface area contributed by atoms with Gasteiger partial charge in [0.1, 0.15) is 11.9 Å². The molecule has 1 saturated carbocycles. The molecule has 1 fully saturated rings. The average molecular weight is 369 g/mol. The van der Waals surface area contributed by atoms with Crippen molar-refractivity contribution in [2.24, 2.45) is 5.92 Å². The third-order valence-corrected chi connectivity index (χ3v) is 4.38. The Bertz CT molecular complexity index is 481. The van der Waals surface area contributed by atoms with Crippen molar-refractivity contribution in [1.82, 2.24) is 0 Å². The number of fused-ring (bicyclic) bond motifs is 1. The monoisotopic (exact) mass is 368 g/mol. The van der Waals surface area contributed by atoms with Crippen molar-refractivity contribution in [3.8, 4) is 5.75 Å². The maximum atomic E-state index is 12.7. The Balaban J connectivity index is 0.00000161. The summed E-state index contributed by atoms with van der Waals surface area (Å²) in [6, 6.07) is 3.87. The van der Waals surface area contributed by atoms with E-state index in [-0.39, 0.29) is 64.3 Å². The first-order valence-electron chi connectivity index (χ1n) is 7.22. The zero-order valence-electron chi connectivity index (χ0n) is 12.2. The van der Waals surface area contributed by atoms with Gasteiger partial charge in [-0.15, -0.1) is 0 Å². The van der Waals surface area contributed by atoms with Crippen molar-refractivity contribution in [2.45, 2.75) is 50.8 Å². The minimum absolute atomic E-state index is 0. The second-order valence-electron chi connectivity index (χ2n) is 5.72. The van der Waals surface area contributed by atoms with Crippen LogP contribution >= 0.6 is 0 Å². The van der Waals surface area contributed by atoms with Gasteiger partial charge in [-0.3, -0.25) is 0 Å². The standard InChI is InChI=1S/C16H18F3O.Rb/c17-16(18,19)13-8-6-12-7-9-14(20-15(12)10-13)11-4-2-1-3-5-11;/h1,6,8,10-11,14H,2-5,7,9H2;/q-1;+1. The first-order chi connectivity index (χ1) is 9.54. The van der Waals surface area contributed by atoms with Crippen LogP contribution in [-0.2, 0) is 12.6 Å². The molecule has 1 nitrogen and oxygen atoms in total. The molecule has 1 aliphatic heterocycles. The van der Waals surface area contributed by atoms with E-state index in [0.29, 0.717) is 11.7 Å². The topological polar surface area (TPSA) is 9.23 Å². The molecule has 1 aromatic rings. The van der Waals surface area contributed by atoms with E-state index >= 15 is 0 Å². The number of alkyl halides is 3. The van der Waals surface area contributed by atoms with Crippen LogP contribution in [0.15, 0.2) is 18.2 Å². The van der Waals surface area contributed by atoms with Gasteiger partial charge in [0.05, 0.1) is 5.56 Å². The zero-order valence-corrected chi connectivity index (χ0v) is 17.2. The number of aryl methyl sites for hydroxylation is 1. The molecular formula is C16H18F3ORb. The Kier molecular flexibility index (Phi) is 6.38. The predicted octanol–water partition coefficient (Wildman–Crippen LogP) is 1.80. The Labute approximate surface area is 172 Å². The van der Waals surface area contributed by atoms with Gasteiger partial charge in [0.2, 0.25) is 0 Å². The van der Waals surface area contributed by atoms with Crippen molar-refractivity contribution in [2.75, 3.05) is 0 Å². The second kappa shape index (κ2) is 7.46. The molecule has 0 amide bonds. The first-order valence-corrected chi connectivity index (χ1v) is 7.22. The molecule has 0 spiro atoms. The number of ether oxygens (including phenoxy) is 1. The van der Waals surface area contributed by atoms with E-state index in [1.165, 1.54) is 0 Å². The van der Waals surface area contributed by atoms with Crippen molar-refractivity contribution in [3.63, 3.8) is 0 Å². The maximum absolute atomic E-state index is 12.7. The van der Waals surface area contributed by atoms with Gasteiger partial charge < -0.3 is 11.2 Å². The van der Waals surface area contributed by atoms with Gasteiger partial charge in [-0.25, -0.2) is 0 Å². The van der Waals surface area contributed by atoms with Crippen LogP contribution in [0.3, 0.4) is 0 Å². The number of hydrogen-bond donors (Lipinski definition) is 0. The molecule has 0 N–H and O–H groups in total. The van der Waals surface area contributed by atoms with E-state index in [2.05, 4.69) is 6.42 Å². The van der Waals surface area contributed by atoms with Gasteiger partial charge in [-0.05, 0) is 36.5 Å². The average Bonchev–Trinajstić information content (AvgIpc) is 2.46. The molecular weight excluding hydrogens is 351 g/mol. The normalized spacial score (nSPS) is 22.9. The van der Waals surface area contributed by atoms with Gasteiger partial charge in [0, 0.05) is 0 Å². The fraction of sp³-hybridized carbons (Fsp3) is 0.562. The molecule has 21 heavy (non-hydrogen) atoms. The molecule has 0 aromatic heterocycles. The fourth-order valence-corrected chi connectivity index (χ4v) is 3.22. The predicted molar refractivity (Wildman–Crippen MR) is 70.4 cm³/mol. The van der Waals surface area contributed by atoms with E-state index in [1.54, 1.807) is 6.07 Å². The van der Waals surface area contributed by atoms with Gasteiger partial charge in [-0.1, -0.05) is 18.9 Å². The number of halogens is 3. The molecule has 2 aliphatic rings. The van der Waals surface area contributed by atoms with Crippen LogP contribution in [0.1, 0.15) is 43.2 Å². The van der Waals surface area contributed by atoms with Crippen LogP contribution in [0, 0.1) is 12.3 Å². The van der Waals surface area contributed by atoms with Gasteiger partial charge in [-0.2, -0.15) is 26.0 Å². The summed E-state index contributed by atoms with van der Waals surface area (Å²) in [5, 5.41) is 0. The summed E-state index contributed by atoms with van der Waals surface area (Å²) in [5.41, 5.74) is 0.283. The molecule has 0 radical (unpaired) electrons. The molecule has 1 unspecified atom stereocenters. The van der Waals surface area contributed by atoms with Crippen molar-refractivity contribution >= 4 is 0 Å². The maximum Gasteiger partial charge on any atom is 1.00 e. The van der Waals surface area contributed by atoms with Crippen molar-refractivity contribution in [3.05, 3.63) is 35.7 Å². The van der Waals surface area contributed by atoms with E-state index in [1.807, 2.05) is 0 Å². The van der Waals surface area contributed by atoms with Gasteiger partial charge >= 0.3 is 64.4 Å². The summed E-state index contributed by atoms with van der Waals surface area (Å²) in [6.07, 6.45) is 4.19. The van der Waals surface area contributed by atoms with Crippen LogP contribution < -0.4 is 62.9 Å². The largest absolute Gasteiger partial charge is 1.00 e. The number of benzene rings is 1. The summed E-state index contributed by atoms with van der Waals surface area (Å²) in [6.45, 7) is 0. The first kappa shape index (κ1) is 18.0. The Morgan fingerprint density at radius 2 is 1.81 bits per heavy atom. The molecule has 0 bridgehead atoms. The van der Waals surface area contributed by atoms with Crippen LogP contribution in [0.5, 0.6) is 5.75 Å². The molecule has 1 aliphatic carbocycles. The van der Waals surface area contributed by atoms with Crippen molar-refractivity contribution in [1.29, 1.82) is 0 Å². The molecule has 1 heterocycles. The molecule has 1 aromatic carbocycles. The van der Waals surface area contributed by atoms with E-state index in [0.717, 1.165) is 56.2 Å². The second-order valence-corrected chi connectivity index (χ2v) is 5.72. The third-order valence-electron chi connectivity index (χ3n) is 4.38. The summed E-state index contributed by atoms with van der Waals surface area (Å²) in [7, 11) is 0. The minimum Gasteiger partial charge on any atom is -0.490 e. The fourth-order valence-electron chi connectivity index (χ4n) is 3.22. The van der Waals surface area contributed by atoms with Gasteiger partial charge in [0.15, 0.2) is 0 Å². The molecule has 110 valence electrons. The van der Waals surface area contributed by atoms with E-state index in [9.17, 15) is 13.2 Å². The van der Waals surface area contributed by atoms with E-state index < -0.39 is 11.7 Å². The minimum atomic E-state index is -4.30. The van der Waals surface area contributed by atoms with E-state index in [4.69, 9.17) is 4.74 Å². The SMILES string of the molecule is FC(F)(F)c1ccc2c(c1)OC(C1CC[CH-]CC1)CC2.[Rb+]. The van der Waals surface area contributed by atoms with Crippen molar-refractivity contribution < 1.29 is 76.1 Å². The number of hydrogen-bond acceptors (Lipinski definition) is 1. The molecule has 0 saturated heterocycles. The Morgan fingerprint density at radius 1 is 1.10 bits per heavy atom. The molecule has 3 rings (SSSR count). The van der Waals surface area contributed by atoms with Crippen LogP contribution in [0.4, 0.5) is 13.2 Å². The smallest absolute Gasteiger partial charge is 0.490 e. The summed E-state index contributed by atoms with van der Waals surface area (Å²) in [4.78, 5) is 0. The quantitative estimate of drug-likeness (QED) is 0.687. The third kappa shape index (κ3) is 4.33. The van der Waals surface area contributed by atoms with Crippen LogP contribution in [0.2, 0.25) is 0 Å². The zero-order chi connectivity index (χ0) is 14.2. The van der Waals surface area contributed by atoms with Crippen LogP contribution in [0.25, 0.3) is 0 Å². The number of rotatable bonds is 1. The Morgan fingerprint density at radius 3 is 2.48 bits per heavy atom. The summed E-state index contributed by atoms with van der Waals surface area (Å²) >= 11 is 0. The summed E-state index contributed by atoms with van der Waals surface area (Å²) < 4.78 is 44.1. The summed E-state index contributed by atoms with van der Waals surface area (Å²) in [5.74, 6) is 0.924. The molecule has 5 heteroatoms.